The molecule has 6 rings (SSSR count). The Kier molecular flexibility index (Phi) is 7.61. The number of aryl methyl sites for hydroxylation is 1. The second-order valence-corrected chi connectivity index (χ2v) is 11.0. The second-order valence-electron chi connectivity index (χ2n) is 11.0. The summed E-state index contributed by atoms with van der Waals surface area (Å²) in [5.74, 6) is 0.257. The normalized spacial score (nSPS) is 15.8. The molecule has 0 radical (unpaired) electrons. The number of benzene rings is 2. The molecule has 1 atom stereocenters. The van der Waals surface area contributed by atoms with Crippen LogP contribution in [0.15, 0.2) is 66.9 Å². The number of pyridine rings is 1. The number of nitrogens with zero attached hydrogens (tertiary/aromatic N) is 6. The SMILES string of the molecule is Cc1cc(-c2ccccc2CC(C)(C)Nc2nc(C3CNCCO3)nc(-n3c(C(F)F)nc4ccccc43)n2)ccn1. The summed E-state index contributed by atoms with van der Waals surface area (Å²) in [6.45, 7) is 7.78. The summed E-state index contributed by atoms with van der Waals surface area (Å²) in [4.78, 5) is 22.5. The fourth-order valence-corrected chi connectivity index (χ4v) is 5.31. The molecular formula is C31H32F2N8O. The van der Waals surface area contributed by atoms with Crippen molar-refractivity contribution in [1.29, 1.82) is 0 Å². The van der Waals surface area contributed by atoms with E-state index in [2.05, 4.69) is 62.6 Å². The second kappa shape index (κ2) is 11.5. The molecule has 1 saturated heterocycles. The van der Waals surface area contributed by atoms with E-state index < -0.39 is 23.9 Å². The Hall–Kier alpha value is -4.35. The standard InChI is InChI=1S/C31H32F2N8O/c1-19-16-20(12-13-35-19)22-9-5-4-8-21(22)17-31(2,3)40-29-37-27(25-18-34-14-15-42-25)38-30(39-29)41-24-11-7-6-10-23(24)36-28(41)26(32)33/h4-13,16,25-26,34H,14-15,17-18H2,1-3H3,(H,37,38,39,40). The van der Waals surface area contributed by atoms with Gasteiger partial charge in [0.15, 0.2) is 11.6 Å². The van der Waals surface area contributed by atoms with Crippen molar-refractivity contribution in [3.05, 3.63) is 89.8 Å². The lowest BCUT2D eigenvalue weighted by Crippen LogP contribution is -2.36. The van der Waals surface area contributed by atoms with E-state index in [0.29, 0.717) is 43.0 Å². The maximum absolute atomic E-state index is 14.2. The Labute approximate surface area is 242 Å². The largest absolute Gasteiger partial charge is 0.368 e. The molecular weight excluding hydrogens is 538 g/mol. The lowest BCUT2D eigenvalue weighted by molar-refractivity contribution is 0.0220. The van der Waals surface area contributed by atoms with Gasteiger partial charge in [0.2, 0.25) is 11.9 Å². The first-order chi connectivity index (χ1) is 20.3. The minimum Gasteiger partial charge on any atom is -0.368 e. The Morgan fingerprint density at radius 1 is 1.05 bits per heavy atom. The van der Waals surface area contributed by atoms with E-state index >= 15 is 0 Å². The average Bonchev–Trinajstić information content (AvgIpc) is 3.38. The lowest BCUT2D eigenvalue weighted by atomic mass is 9.89. The number of nitrogens with one attached hydrogen (secondary N) is 2. The van der Waals surface area contributed by atoms with Crippen LogP contribution in [0.25, 0.3) is 28.1 Å². The summed E-state index contributed by atoms with van der Waals surface area (Å²) in [7, 11) is 0. The molecule has 2 aromatic carbocycles. The zero-order valence-electron chi connectivity index (χ0n) is 23.7. The van der Waals surface area contributed by atoms with Gasteiger partial charge in [-0.1, -0.05) is 36.4 Å². The molecule has 1 fully saturated rings. The lowest BCUT2D eigenvalue weighted by Gasteiger charge is -2.29. The van der Waals surface area contributed by atoms with E-state index in [4.69, 9.17) is 9.72 Å². The van der Waals surface area contributed by atoms with Crippen LogP contribution in [0.1, 0.15) is 49.3 Å². The number of morpholine rings is 1. The number of hydrogen-bond acceptors (Lipinski definition) is 8. The Morgan fingerprint density at radius 3 is 2.64 bits per heavy atom. The van der Waals surface area contributed by atoms with Crippen LogP contribution in [0.2, 0.25) is 0 Å². The first-order valence-electron chi connectivity index (χ1n) is 13.9. The number of aromatic nitrogens is 6. The molecule has 0 amide bonds. The molecule has 42 heavy (non-hydrogen) atoms. The van der Waals surface area contributed by atoms with Crippen molar-refractivity contribution in [3.8, 4) is 17.1 Å². The number of para-hydroxylation sites is 2. The summed E-state index contributed by atoms with van der Waals surface area (Å²) in [5.41, 5.74) is 4.68. The highest BCUT2D eigenvalue weighted by atomic mass is 19.3. The number of imidazole rings is 1. The highest BCUT2D eigenvalue weighted by molar-refractivity contribution is 5.77. The van der Waals surface area contributed by atoms with Crippen molar-refractivity contribution in [1.82, 2.24) is 34.8 Å². The van der Waals surface area contributed by atoms with Gasteiger partial charge in [0.05, 0.1) is 17.6 Å². The third kappa shape index (κ3) is 5.83. The molecule has 2 N–H and O–H groups in total. The minimum absolute atomic E-state index is 0.0594. The fraction of sp³-hybridized carbons (Fsp3) is 0.323. The van der Waals surface area contributed by atoms with Crippen LogP contribution in [0.3, 0.4) is 0 Å². The molecule has 5 aromatic rings. The van der Waals surface area contributed by atoms with Crippen LogP contribution in [0.5, 0.6) is 0 Å². The molecule has 216 valence electrons. The molecule has 0 saturated carbocycles. The molecule has 1 aliphatic heterocycles. The summed E-state index contributed by atoms with van der Waals surface area (Å²) in [6, 6.07) is 19.3. The van der Waals surface area contributed by atoms with Gasteiger partial charge in [-0.25, -0.2) is 13.8 Å². The van der Waals surface area contributed by atoms with Crippen LogP contribution >= 0.6 is 0 Å². The topological polar surface area (TPSA) is 103 Å². The quantitative estimate of drug-likeness (QED) is 0.248. The van der Waals surface area contributed by atoms with Gasteiger partial charge in [-0.2, -0.15) is 15.0 Å². The third-order valence-electron chi connectivity index (χ3n) is 7.15. The van der Waals surface area contributed by atoms with Crippen LogP contribution in [-0.2, 0) is 11.2 Å². The van der Waals surface area contributed by atoms with E-state index in [1.54, 1.807) is 24.3 Å². The Balaban J connectivity index is 1.40. The predicted molar refractivity (Wildman–Crippen MR) is 157 cm³/mol. The number of ether oxygens (including phenoxy) is 1. The number of alkyl halides is 2. The predicted octanol–water partition coefficient (Wildman–Crippen LogP) is 5.61. The van der Waals surface area contributed by atoms with Crippen LogP contribution in [0.4, 0.5) is 14.7 Å². The molecule has 11 heteroatoms. The van der Waals surface area contributed by atoms with Gasteiger partial charge < -0.3 is 15.4 Å². The van der Waals surface area contributed by atoms with E-state index in [9.17, 15) is 8.78 Å². The molecule has 0 bridgehead atoms. The van der Waals surface area contributed by atoms with Gasteiger partial charge in [0.25, 0.3) is 6.43 Å². The van der Waals surface area contributed by atoms with E-state index in [1.165, 1.54) is 4.57 Å². The van der Waals surface area contributed by atoms with Crippen LogP contribution < -0.4 is 10.6 Å². The van der Waals surface area contributed by atoms with Gasteiger partial charge in [0, 0.05) is 30.5 Å². The number of fused-ring (bicyclic) bond motifs is 1. The molecule has 4 heterocycles. The van der Waals surface area contributed by atoms with Gasteiger partial charge in [-0.15, -0.1) is 0 Å². The minimum atomic E-state index is -2.83. The zero-order chi connectivity index (χ0) is 29.3. The molecule has 0 aliphatic carbocycles. The van der Waals surface area contributed by atoms with E-state index in [-0.39, 0.29) is 11.9 Å². The first-order valence-corrected chi connectivity index (χ1v) is 13.9. The molecule has 1 unspecified atom stereocenters. The van der Waals surface area contributed by atoms with Gasteiger partial charge in [-0.05, 0) is 68.1 Å². The zero-order valence-corrected chi connectivity index (χ0v) is 23.7. The highest BCUT2D eigenvalue weighted by Gasteiger charge is 2.28. The third-order valence-corrected chi connectivity index (χ3v) is 7.15. The van der Waals surface area contributed by atoms with E-state index in [1.807, 2.05) is 31.3 Å². The maximum Gasteiger partial charge on any atom is 0.296 e. The summed E-state index contributed by atoms with van der Waals surface area (Å²) in [6.07, 6.45) is -0.830. The maximum atomic E-state index is 14.2. The summed E-state index contributed by atoms with van der Waals surface area (Å²) >= 11 is 0. The van der Waals surface area contributed by atoms with Crippen LogP contribution in [-0.4, -0.2) is 54.7 Å². The monoisotopic (exact) mass is 570 g/mol. The average molecular weight is 571 g/mol. The van der Waals surface area contributed by atoms with Crippen molar-refractivity contribution in [2.24, 2.45) is 0 Å². The van der Waals surface area contributed by atoms with Crippen molar-refractivity contribution in [2.45, 2.75) is 45.3 Å². The number of halogens is 2. The molecule has 3 aromatic heterocycles. The van der Waals surface area contributed by atoms with Crippen molar-refractivity contribution < 1.29 is 13.5 Å². The molecule has 0 spiro atoms. The van der Waals surface area contributed by atoms with Crippen molar-refractivity contribution in [3.63, 3.8) is 0 Å². The number of rotatable bonds is 8. The number of hydrogen-bond donors (Lipinski definition) is 2. The highest BCUT2D eigenvalue weighted by Crippen LogP contribution is 2.30. The Morgan fingerprint density at radius 2 is 1.86 bits per heavy atom. The van der Waals surface area contributed by atoms with Crippen molar-refractivity contribution >= 4 is 17.0 Å². The first kappa shape index (κ1) is 27.8. The summed E-state index contributed by atoms with van der Waals surface area (Å²) in [5, 5.41) is 6.75. The smallest absolute Gasteiger partial charge is 0.296 e. The van der Waals surface area contributed by atoms with E-state index in [0.717, 1.165) is 22.4 Å². The van der Waals surface area contributed by atoms with Gasteiger partial charge in [-0.3, -0.25) is 9.55 Å². The number of anilines is 1. The molecule has 9 nitrogen and oxygen atoms in total. The van der Waals surface area contributed by atoms with Crippen LogP contribution in [0, 0.1) is 6.92 Å². The van der Waals surface area contributed by atoms with Gasteiger partial charge >= 0.3 is 0 Å². The Bertz CT molecular complexity index is 1710. The summed E-state index contributed by atoms with van der Waals surface area (Å²) < 4.78 is 35.7. The van der Waals surface area contributed by atoms with Crippen molar-refractivity contribution in [2.75, 3.05) is 25.0 Å². The van der Waals surface area contributed by atoms with Gasteiger partial charge in [0.1, 0.15) is 6.10 Å². The molecule has 1 aliphatic rings. The fourth-order valence-electron chi connectivity index (χ4n) is 5.31.